The Bertz CT molecular complexity index is 973. The minimum atomic E-state index is -4.53. The first-order valence-electron chi connectivity index (χ1n) is 7.68. The predicted molar refractivity (Wildman–Crippen MR) is 88.8 cm³/mol. The number of pyridine rings is 2. The number of nitrogens with one attached hydrogen (secondary N) is 1. The molecule has 0 amide bonds. The molecule has 5 nitrogen and oxygen atoms in total. The van der Waals surface area contributed by atoms with Crippen LogP contribution in [0.2, 0.25) is 13.1 Å². The van der Waals surface area contributed by atoms with Crippen molar-refractivity contribution in [2.75, 3.05) is 0 Å². The third-order valence-corrected chi connectivity index (χ3v) is 6.98. The standard InChI is InChI=1S/C16H13F5N4OSi/c1-27(2,14-8-10(24-25-14)16(19,20)21)13-5-3-4-12(23-13)26-9-6-7-11(17)22-15(9)18/h3-8H,1-2H3,(H,24,25). The molecule has 11 heteroatoms. The molecule has 0 unspecified atom stereocenters. The highest BCUT2D eigenvalue weighted by atomic mass is 28.3. The van der Waals surface area contributed by atoms with E-state index < -0.39 is 31.8 Å². The van der Waals surface area contributed by atoms with Crippen molar-refractivity contribution in [3.63, 3.8) is 0 Å². The fraction of sp³-hybridized carbons (Fsp3) is 0.188. The van der Waals surface area contributed by atoms with Crippen LogP contribution in [0.25, 0.3) is 0 Å². The maximum absolute atomic E-state index is 13.6. The summed E-state index contributed by atoms with van der Waals surface area (Å²) in [5.41, 5.74) is -0.940. The normalized spacial score (nSPS) is 12.3. The van der Waals surface area contributed by atoms with E-state index in [0.29, 0.717) is 5.32 Å². The Morgan fingerprint density at radius 3 is 2.37 bits per heavy atom. The Labute approximate surface area is 151 Å². The molecule has 0 radical (unpaired) electrons. The second kappa shape index (κ2) is 6.72. The van der Waals surface area contributed by atoms with Crippen molar-refractivity contribution in [3.8, 4) is 11.6 Å². The molecular weight excluding hydrogens is 387 g/mol. The molecule has 3 heterocycles. The summed E-state index contributed by atoms with van der Waals surface area (Å²) < 4.78 is 70.2. The summed E-state index contributed by atoms with van der Waals surface area (Å²) in [5, 5.41) is 6.53. The highest BCUT2D eigenvalue weighted by Gasteiger charge is 2.37. The largest absolute Gasteiger partial charge is 0.434 e. The molecule has 3 aromatic heterocycles. The van der Waals surface area contributed by atoms with Gasteiger partial charge in [0.15, 0.2) is 13.8 Å². The van der Waals surface area contributed by atoms with Crippen LogP contribution in [0.1, 0.15) is 5.69 Å². The fourth-order valence-corrected chi connectivity index (χ4v) is 4.33. The van der Waals surface area contributed by atoms with Crippen LogP contribution in [0, 0.1) is 11.9 Å². The van der Waals surface area contributed by atoms with E-state index in [0.717, 1.165) is 18.2 Å². The van der Waals surface area contributed by atoms with Crippen molar-refractivity contribution < 1.29 is 26.7 Å². The Morgan fingerprint density at radius 2 is 1.74 bits per heavy atom. The highest BCUT2D eigenvalue weighted by Crippen LogP contribution is 2.27. The number of halogens is 5. The highest BCUT2D eigenvalue weighted by molar-refractivity contribution is 6.99. The fourth-order valence-electron chi connectivity index (χ4n) is 2.33. The molecule has 0 aliphatic heterocycles. The summed E-state index contributed by atoms with van der Waals surface area (Å²) in [5.74, 6) is -2.44. The van der Waals surface area contributed by atoms with Gasteiger partial charge >= 0.3 is 6.18 Å². The van der Waals surface area contributed by atoms with Crippen LogP contribution in [-0.2, 0) is 6.18 Å². The molecule has 0 saturated heterocycles. The number of hydrogen-bond donors (Lipinski definition) is 1. The molecule has 27 heavy (non-hydrogen) atoms. The van der Waals surface area contributed by atoms with E-state index in [1.807, 2.05) is 5.10 Å². The number of ether oxygens (including phenoxy) is 1. The molecule has 0 aromatic carbocycles. The van der Waals surface area contributed by atoms with Crippen LogP contribution in [-0.4, -0.2) is 28.2 Å². The summed E-state index contributed by atoms with van der Waals surface area (Å²) in [6, 6.07) is 7.63. The first kappa shape index (κ1) is 19.0. The van der Waals surface area contributed by atoms with E-state index in [1.165, 1.54) is 6.07 Å². The van der Waals surface area contributed by atoms with Crippen molar-refractivity contribution in [2.24, 2.45) is 0 Å². The van der Waals surface area contributed by atoms with Crippen molar-refractivity contribution in [2.45, 2.75) is 19.3 Å². The number of hydrogen-bond acceptors (Lipinski definition) is 4. The van der Waals surface area contributed by atoms with Gasteiger partial charge in [-0.05, 0) is 24.3 Å². The molecule has 142 valence electrons. The van der Waals surface area contributed by atoms with Gasteiger partial charge in [0.1, 0.15) is 5.69 Å². The van der Waals surface area contributed by atoms with Crippen molar-refractivity contribution >= 4 is 18.7 Å². The molecule has 0 fully saturated rings. The van der Waals surface area contributed by atoms with Crippen LogP contribution >= 0.6 is 0 Å². The molecule has 0 atom stereocenters. The first-order chi connectivity index (χ1) is 12.6. The molecule has 1 N–H and O–H groups in total. The van der Waals surface area contributed by atoms with E-state index in [-0.39, 0.29) is 16.9 Å². The maximum atomic E-state index is 13.6. The number of H-pyrrole nitrogens is 1. The van der Waals surface area contributed by atoms with Gasteiger partial charge in [-0.25, -0.2) is 4.98 Å². The third kappa shape index (κ3) is 3.97. The van der Waals surface area contributed by atoms with E-state index in [4.69, 9.17) is 4.74 Å². The van der Waals surface area contributed by atoms with Gasteiger partial charge < -0.3 is 4.74 Å². The average Bonchev–Trinajstić information content (AvgIpc) is 3.09. The minimum Gasteiger partial charge on any atom is -0.434 e. The lowest BCUT2D eigenvalue weighted by Gasteiger charge is -2.19. The molecule has 0 saturated carbocycles. The van der Waals surface area contributed by atoms with Crippen molar-refractivity contribution in [1.29, 1.82) is 0 Å². The van der Waals surface area contributed by atoms with E-state index >= 15 is 0 Å². The average molecular weight is 400 g/mol. The number of rotatable bonds is 4. The zero-order valence-corrected chi connectivity index (χ0v) is 15.1. The van der Waals surface area contributed by atoms with E-state index in [1.54, 1.807) is 25.2 Å². The zero-order chi connectivity index (χ0) is 19.8. The molecule has 0 bridgehead atoms. The van der Waals surface area contributed by atoms with Crippen LogP contribution < -0.4 is 15.4 Å². The van der Waals surface area contributed by atoms with Gasteiger partial charge in [0.25, 0.3) is 5.95 Å². The summed E-state index contributed by atoms with van der Waals surface area (Å²) in [4.78, 5) is 7.28. The van der Waals surface area contributed by atoms with Crippen LogP contribution in [0.5, 0.6) is 11.6 Å². The van der Waals surface area contributed by atoms with Gasteiger partial charge in [-0.15, -0.1) is 0 Å². The number of aromatic nitrogens is 4. The molecular formula is C16H13F5N4OSi. The lowest BCUT2D eigenvalue weighted by molar-refractivity contribution is -0.141. The molecule has 3 rings (SSSR count). The molecule has 0 aliphatic rings. The van der Waals surface area contributed by atoms with Gasteiger partial charge in [0.05, 0.1) is 5.32 Å². The SMILES string of the molecule is C[Si](C)(c1cc(C(F)(F)F)[nH]n1)c1cccc(Oc2ccc(F)nc2F)n1. The smallest absolute Gasteiger partial charge is 0.432 e. The minimum absolute atomic E-state index is 0.00645. The number of alkyl halides is 3. The van der Waals surface area contributed by atoms with E-state index in [9.17, 15) is 22.0 Å². The summed E-state index contributed by atoms with van der Waals surface area (Å²) >= 11 is 0. The summed E-state index contributed by atoms with van der Waals surface area (Å²) in [6.07, 6.45) is -4.53. The van der Waals surface area contributed by atoms with Gasteiger partial charge in [0.2, 0.25) is 11.8 Å². The van der Waals surface area contributed by atoms with Gasteiger partial charge in [0, 0.05) is 11.4 Å². The van der Waals surface area contributed by atoms with Gasteiger partial charge in [-0.3, -0.25) is 5.10 Å². The van der Waals surface area contributed by atoms with E-state index in [2.05, 4.69) is 15.1 Å². The Hall–Kier alpha value is -2.82. The van der Waals surface area contributed by atoms with Gasteiger partial charge in [-0.1, -0.05) is 19.2 Å². The maximum Gasteiger partial charge on any atom is 0.432 e. The summed E-state index contributed by atoms with van der Waals surface area (Å²) in [6.45, 7) is 3.55. The van der Waals surface area contributed by atoms with Crippen molar-refractivity contribution in [1.82, 2.24) is 20.2 Å². The molecule has 0 aliphatic carbocycles. The number of nitrogens with zero attached hydrogens (tertiary/aromatic N) is 3. The van der Waals surface area contributed by atoms with Crippen LogP contribution in [0.15, 0.2) is 36.4 Å². The second-order valence-electron chi connectivity index (χ2n) is 6.18. The molecule has 0 spiro atoms. The Balaban J connectivity index is 1.91. The van der Waals surface area contributed by atoms with Crippen LogP contribution in [0.3, 0.4) is 0 Å². The van der Waals surface area contributed by atoms with Crippen LogP contribution in [0.4, 0.5) is 22.0 Å². The van der Waals surface area contributed by atoms with Gasteiger partial charge in [-0.2, -0.15) is 32.0 Å². The lowest BCUT2D eigenvalue weighted by atomic mass is 10.4. The molecule has 3 aromatic rings. The quantitative estimate of drug-likeness (QED) is 0.415. The Morgan fingerprint density at radius 1 is 1.00 bits per heavy atom. The summed E-state index contributed by atoms with van der Waals surface area (Å²) in [7, 11) is -2.69. The topological polar surface area (TPSA) is 63.7 Å². The second-order valence-corrected chi connectivity index (χ2v) is 10.5. The predicted octanol–water partition coefficient (Wildman–Crippen LogP) is 3.11. The lowest BCUT2D eigenvalue weighted by Crippen LogP contribution is -2.55. The third-order valence-electron chi connectivity index (χ3n) is 3.88. The monoisotopic (exact) mass is 400 g/mol. The van der Waals surface area contributed by atoms with Crippen molar-refractivity contribution in [3.05, 3.63) is 54.0 Å². The first-order valence-corrected chi connectivity index (χ1v) is 10.7. The number of aromatic amines is 1. The zero-order valence-electron chi connectivity index (χ0n) is 14.1. The Kier molecular flexibility index (Phi) is 4.72.